The summed E-state index contributed by atoms with van der Waals surface area (Å²) in [5.74, 6) is 1.64. The van der Waals surface area contributed by atoms with Crippen molar-refractivity contribution in [2.24, 2.45) is 4.99 Å². The minimum Gasteiger partial charge on any atom is -0.356 e. The number of thioether (sulfide) groups is 1. The van der Waals surface area contributed by atoms with Crippen LogP contribution < -0.4 is 10.6 Å². The Hall–Kier alpha value is -0.500. The van der Waals surface area contributed by atoms with Crippen LogP contribution in [0.1, 0.15) is 12.0 Å². The summed E-state index contributed by atoms with van der Waals surface area (Å²) in [4.78, 5) is 4.10. The average Bonchev–Trinajstić information content (AvgIpc) is 2.40. The number of nitrogens with one attached hydrogen (secondary N) is 2. The number of halogens is 2. The van der Waals surface area contributed by atoms with Gasteiger partial charge in [0, 0.05) is 25.7 Å². The Kier molecular flexibility index (Phi) is 11.0. The molecule has 0 fully saturated rings. The number of hydrogen-bond donors (Lipinski definition) is 2. The van der Waals surface area contributed by atoms with E-state index < -0.39 is 0 Å². The highest BCUT2D eigenvalue weighted by molar-refractivity contribution is 14.0. The second-order valence-corrected chi connectivity index (χ2v) is 4.78. The highest BCUT2D eigenvalue weighted by Gasteiger charge is 2.01. The lowest BCUT2D eigenvalue weighted by atomic mass is 10.2. The molecule has 0 unspecified atom stereocenters. The Morgan fingerprint density at radius 3 is 2.68 bits per heavy atom. The fourth-order valence-corrected chi connectivity index (χ4v) is 1.90. The molecule has 0 bridgehead atoms. The first-order valence-electron chi connectivity index (χ1n) is 5.94. The number of rotatable bonds is 6. The third-order valence-corrected chi connectivity index (χ3v) is 3.14. The summed E-state index contributed by atoms with van der Waals surface area (Å²) in [5.41, 5.74) is 0.643. The number of guanidine groups is 1. The summed E-state index contributed by atoms with van der Waals surface area (Å²) in [6.45, 7) is 1.31. The van der Waals surface area contributed by atoms with E-state index in [-0.39, 0.29) is 29.8 Å². The smallest absolute Gasteiger partial charge is 0.191 e. The van der Waals surface area contributed by atoms with Crippen molar-refractivity contribution >= 4 is 41.7 Å². The Morgan fingerprint density at radius 1 is 1.32 bits per heavy atom. The molecule has 0 heterocycles. The molecule has 0 radical (unpaired) electrons. The van der Waals surface area contributed by atoms with Crippen molar-refractivity contribution in [3.8, 4) is 0 Å². The van der Waals surface area contributed by atoms with Crippen molar-refractivity contribution in [2.75, 3.05) is 25.6 Å². The molecule has 6 heteroatoms. The monoisotopic (exact) mass is 397 g/mol. The molecule has 108 valence electrons. The van der Waals surface area contributed by atoms with Crippen LogP contribution in [0.3, 0.4) is 0 Å². The van der Waals surface area contributed by atoms with Crippen molar-refractivity contribution in [1.82, 2.24) is 10.6 Å². The highest BCUT2D eigenvalue weighted by atomic mass is 127. The van der Waals surface area contributed by atoms with E-state index in [4.69, 9.17) is 0 Å². The molecule has 0 aliphatic heterocycles. The van der Waals surface area contributed by atoms with Crippen LogP contribution in [0.4, 0.5) is 4.39 Å². The maximum Gasteiger partial charge on any atom is 0.191 e. The Morgan fingerprint density at radius 2 is 2.05 bits per heavy atom. The molecule has 2 N–H and O–H groups in total. The molecule has 0 aliphatic rings. The molecular weight excluding hydrogens is 376 g/mol. The summed E-state index contributed by atoms with van der Waals surface area (Å²) in [6.07, 6.45) is 3.17. The molecule has 0 aliphatic carbocycles. The van der Waals surface area contributed by atoms with Gasteiger partial charge in [0.2, 0.25) is 0 Å². The molecule has 1 aromatic carbocycles. The van der Waals surface area contributed by atoms with E-state index >= 15 is 0 Å². The van der Waals surface area contributed by atoms with Gasteiger partial charge >= 0.3 is 0 Å². The third kappa shape index (κ3) is 7.61. The van der Waals surface area contributed by atoms with Crippen LogP contribution in [0.5, 0.6) is 0 Å². The lowest BCUT2D eigenvalue weighted by molar-refractivity contribution is 0.604. The van der Waals surface area contributed by atoms with Gasteiger partial charge < -0.3 is 10.6 Å². The van der Waals surface area contributed by atoms with Crippen LogP contribution in [0.2, 0.25) is 0 Å². The normalized spacial score (nSPS) is 10.8. The van der Waals surface area contributed by atoms with E-state index in [1.807, 2.05) is 17.8 Å². The van der Waals surface area contributed by atoms with Gasteiger partial charge in [0.1, 0.15) is 5.82 Å². The fraction of sp³-hybridized carbons (Fsp3) is 0.462. The van der Waals surface area contributed by atoms with Crippen LogP contribution in [0.25, 0.3) is 0 Å². The van der Waals surface area contributed by atoms with Crippen LogP contribution in [-0.4, -0.2) is 31.6 Å². The Bertz CT molecular complexity index is 388. The molecule has 0 amide bonds. The molecule has 0 spiro atoms. The van der Waals surface area contributed by atoms with E-state index in [0.29, 0.717) is 18.1 Å². The SMILES string of the molecule is CN=C(NCCCSC)NCc1ccccc1F.I. The second kappa shape index (κ2) is 11.3. The van der Waals surface area contributed by atoms with E-state index in [2.05, 4.69) is 21.9 Å². The van der Waals surface area contributed by atoms with E-state index in [0.717, 1.165) is 18.7 Å². The first-order chi connectivity index (χ1) is 8.77. The number of nitrogens with zero attached hydrogens (tertiary/aromatic N) is 1. The molecular formula is C13H21FIN3S. The van der Waals surface area contributed by atoms with Crippen molar-refractivity contribution in [2.45, 2.75) is 13.0 Å². The molecule has 0 saturated heterocycles. The highest BCUT2D eigenvalue weighted by Crippen LogP contribution is 2.05. The number of hydrogen-bond acceptors (Lipinski definition) is 2. The topological polar surface area (TPSA) is 36.4 Å². The number of aliphatic imine (C=N–C) groups is 1. The third-order valence-electron chi connectivity index (χ3n) is 2.45. The summed E-state index contributed by atoms with van der Waals surface area (Å²) >= 11 is 1.82. The molecule has 0 atom stereocenters. The second-order valence-electron chi connectivity index (χ2n) is 3.79. The maximum absolute atomic E-state index is 13.4. The standard InChI is InChI=1S/C13H20FN3S.HI/c1-15-13(16-8-5-9-18-2)17-10-11-6-3-4-7-12(11)14;/h3-4,6-7H,5,8-10H2,1-2H3,(H2,15,16,17);1H. The van der Waals surface area contributed by atoms with Gasteiger partial charge in [0.25, 0.3) is 0 Å². The van der Waals surface area contributed by atoms with Crippen LogP contribution in [0.15, 0.2) is 29.3 Å². The zero-order valence-corrected chi connectivity index (χ0v) is 14.4. The first-order valence-corrected chi connectivity index (χ1v) is 7.34. The van der Waals surface area contributed by atoms with Gasteiger partial charge in [-0.05, 0) is 24.5 Å². The minimum atomic E-state index is -0.192. The molecule has 1 rings (SSSR count). The quantitative estimate of drug-likeness (QED) is 0.336. The maximum atomic E-state index is 13.4. The van der Waals surface area contributed by atoms with Gasteiger partial charge in [-0.15, -0.1) is 24.0 Å². The van der Waals surface area contributed by atoms with Gasteiger partial charge in [0.15, 0.2) is 5.96 Å². The predicted molar refractivity (Wildman–Crippen MR) is 93.0 cm³/mol. The van der Waals surface area contributed by atoms with E-state index in [1.165, 1.54) is 6.07 Å². The molecule has 1 aromatic rings. The lowest BCUT2D eigenvalue weighted by Crippen LogP contribution is -2.37. The lowest BCUT2D eigenvalue weighted by Gasteiger charge is -2.12. The molecule has 3 nitrogen and oxygen atoms in total. The van der Waals surface area contributed by atoms with Crippen molar-refractivity contribution in [3.63, 3.8) is 0 Å². The summed E-state index contributed by atoms with van der Waals surface area (Å²) in [7, 11) is 1.71. The summed E-state index contributed by atoms with van der Waals surface area (Å²) in [6, 6.07) is 6.75. The van der Waals surface area contributed by atoms with E-state index in [1.54, 1.807) is 19.2 Å². The van der Waals surface area contributed by atoms with Crippen LogP contribution in [-0.2, 0) is 6.54 Å². The largest absolute Gasteiger partial charge is 0.356 e. The van der Waals surface area contributed by atoms with Crippen LogP contribution >= 0.6 is 35.7 Å². The summed E-state index contributed by atoms with van der Waals surface area (Å²) < 4.78 is 13.4. The van der Waals surface area contributed by atoms with Gasteiger partial charge in [-0.3, -0.25) is 4.99 Å². The zero-order valence-electron chi connectivity index (χ0n) is 11.3. The van der Waals surface area contributed by atoms with Crippen molar-refractivity contribution < 1.29 is 4.39 Å². The van der Waals surface area contributed by atoms with Gasteiger partial charge in [-0.2, -0.15) is 11.8 Å². The minimum absolute atomic E-state index is 0. The fourth-order valence-electron chi connectivity index (χ4n) is 1.46. The summed E-state index contributed by atoms with van der Waals surface area (Å²) in [5, 5.41) is 6.29. The van der Waals surface area contributed by atoms with Crippen LogP contribution in [0, 0.1) is 5.82 Å². The zero-order chi connectivity index (χ0) is 13.2. The predicted octanol–water partition coefficient (Wildman–Crippen LogP) is 2.86. The Balaban J connectivity index is 0.00000324. The van der Waals surface area contributed by atoms with Gasteiger partial charge in [-0.25, -0.2) is 4.39 Å². The van der Waals surface area contributed by atoms with Gasteiger partial charge in [0.05, 0.1) is 0 Å². The van der Waals surface area contributed by atoms with Crippen molar-refractivity contribution in [3.05, 3.63) is 35.6 Å². The Labute approximate surface area is 135 Å². The molecule has 19 heavy (non-hydrogen) atoms. The first kappa shape index (κ1) is 18.5. The molecule has 0 aromatic heterocycles. The average molecular weight is 397 g/mol. The van der Waals surface area contributed by atoms with Crippen molar-refractivity contribution in [1.29, 1.82) is 0 Å². The van der Waals surface area contributed by atoms with Gasteiger partial charge in [-0.1, -0.05) is 18.2 Å². The molecule has 0 saturated carbocycles. The van der Waals surface area contributed by atoms with E-state index in [9.17, 15) is 4.39 Å². The number of benzene rings is 1.